The second kappa shape index (κ2) is 4.27. The van der Waals surface area contributed by atoms with Crippen LogP contribution in [0.4, 0.5) is 0 Å². The predicted molar refractivity (Wildman–Crippen MR) is 35.4 cm³/mol. The Balaban J connectivity index is 3.98. The Hall–Kier alpha value is -0.650. The van der Waals surface area contributed by atoms with Crippen molar-refractivity contribution >= 4 is 5.97 Å². The Morgan fingerprint density at radius 1 is 1.64 bits per heavy atom. The summed E-state index contributed by atoms with van der Waals surface area (Å²) in [5, 5.41) is 9.10. The summed E-state index contributed by atoms with van der Waals surface area (Å²) in [6.07, 6.45) is -2.24. The van der Waals surface area contributed by atoms with Gasteiger partial charge in [0.1, 0.15) is 0 Å². The van der Waals surface area contributed by atoms with Gasteiger partial charge < -0.3 is 9.84 Å². The van der Waals surface area contributed by atoms with Gasteiger partial charge in [0, 0.05) is 14.0 Å². The van der Waals surface area contributed by atoms with Crippen molar-refractivity contribution < 1.29 is 24.1 Å². The maximum atomic E-state index is 10.4. The highest BCUT2D eigenvalue weighted by Crippen LogP contribution is 2.09. The maximum absolute atomic E-state index is 10.4. The maximum Gasteiger partial charge on any atom is 0.460 e. The van der Waals surface area contributed by atoms with E-state index in [2.05, 4.69) is 14.2 Å². The molecule has 11 heavy (non-hydrogen) atoms. The van der Waals surface area contributed by atoms with Crippen LogP contribution < -0.4 is 0 Å². The van der Waals surface area contributed by atoms with Crippen molar-refractivity contribution in [1.29, 1.82) is 0 Å². The Bertz CT molecular complexity index is 135. The fourth-order valence-electron chi connectivity index (χ4n) is 0.494. The van der Waals surface area contributed by atoms with Gasteiger partial charge in [0.2, 0.25) is 0 Å². The first kappa shape index (κ1) is 10.3. The molecule has 0 radical (unpaired) electrons. The minimum Gasteiger partial charge on any atom is -0.384 e. The van der Waals surface area contributed by atoms with Crippen LogP contribution in [0.2, 0.25) is 0 Å². The smallest absolute Gasteiger partial charge is 0.384 e. The summed E-state index contributed by atoms with van der Waals surface area (Å²) in [4.78, 5) is 10.4. The molecule has 5 nitrogen and oxygen atoms in total. The highest BCUT2D eigenvalue weighted by Gasteiger charge is 2.31. The number of esters is 1. The summed E-state index contributed by atoms with van der Waals surface area (Å²) < 4.78 is 13.3. The van der Waals surface area contributed by atoms with E-state index in [9.17, 15) is 4.79 Å². The highest BCUT2D eigenvalue weighted by molar-refractivity contribution is 5.66. The van der Waals surface area contributed by atoms with E-state index in [4.69, 9.17) is 5.11 Å². The van der Waals surface area contributed by atoms with E-state index in [0.29, 0.717) is 0 Å². The lowest BCUT2D eigenvalue weighted by atomic mass is 10.8. The van der Waals surface area contributed by atoms with Gasteiger partial charge in [0.05, 0.1) is 6.61 Å². The van der Waals surface area contributed by atoms with Crippen LogP contribution in [0.5, 0.6) is 0 Å². The van der Waals surface area contributed by atoms with Crippen molar-refractivity contribution in [3.05, 3.63) is 0 Å². The van der Waals surface area contributed by atoms with Gasteiger partial charge in [0.25, 0.3) is 0 Å². The van der Waals surface area contributed by atoms with Crippen molar-refractivity contribution in [1.82, 2.24) is 0 Å². The Morgan fingerprint density at radius 2 is 2.18 bits per heavy atom. The molecule has 0 rings (SSSR count). The van der Waals surface area contributed by atoms with Gasteiger partial charge in [-0.2, -0.15) is 0 Å². The van der Waals surface area contributed by atoms with E-state index in [1.165, 1.54) is 7.11 Å². The number of methoxy groups -OCH3 is 1. The molecule has 0 bridgehead atoms. The first-order valence-electron chi connectivity index (χ1n) is 3.15. The third kappa shape index (κ3) is 3.92. The molecular formula is C6H12O5. The topological polar surface area (TPSA) is 65.0 Å². The minimum atomic E-state index is -2.24. The van der Waals surface area contributed by atoms with Crippen LogP contribution in [0.1, 0.15) is 13.8 Å². The lowest BCUT2D eigenvalue weighted by Gasteiger charge is -2.22. The summed E-state index contributed by atoms with van der Waals surface area (Å²) in [6, 6.07) is 0. The Morgan fingerprint density at radius 3 is 2.45 bits per heavy atom. The number of carbonyl (C=O) groups excluding carboxylic acids is 1. The molecule has 0 spiro atoms. The van der Waals surface area contributed by atoms with Gasteiger partial charge in [-0.25, -0.2) is 0 Å². The number of rotatable bonds is 4. The van der Waals surface area contributed by atoms with Gasteiger partial charge in [0.15, 0.2) is 0 Å². The summed E-state index contributed by atoms with van der Waals surface area (Å²) >= 11 is 0. The number of carbonyl (C=O) groups is 1. The highest BCUT2D eigenvalue weighted by atomic mass is 17.0. The number of hydrogen-bond acceptors (Lipinski definition) is 5. The normalized spacial score (nSPS) is 15.6. The van der Waals surface area contributed by atoms with Crippen LogP contribution in [-0.4, -0.2) is 31.0 Å². The summed E-state index contributed by atoms with van der Waals surface area (Å²) in [6.45, 7) is 2.95. The predicted octanol–water partition coefficient (Wildman–Crippen LogP) is -0.164. The minimum absolute atomic E-state index is 0.178. The number of hydrogen-bond donors (Lipinski definition) is 1. The van der Waals surface area contributed by atoms with E-state index in [0.717, 1.165) is 6.92 Å². The quantitative estimate of drug-likeness (QED) is 0.462. The molecule has 0 aromatic rings. The number of ether oxygens (including phenoxy) is 3. The molecule has 0 aromatic heterocycles. The fraction of sp³-hybridized carbons (Fsp3) is 0.833. The lowest BCUT2D eigenvalue weighted by Crippen LogP contribution is -2.39. The van der Waals surface area contributed by atoms with E-state index < -0.39 is 12.1 Å². The van der Waals surface area contributed by atoms with Gasteiger partial charge in [-0.1, -0.05) is 0 Å². The van der Waals surface area contributed by atoms with Crippen molar-refractivity contribution in [2.24, 2.45) is 0 Å². The van der Waals surface area contributed by atoms with Crippen LogP contribution in [0, 0.1) is 0 Å². The molecule has 0 saturated heterocycles. The zero-order valence-electron chi connectivity index (χ0n) is 6.79. The second-order valence-corrected chi connectivity index (χ2v) is 1.75. The molecule has 1 atom stereocenters. The van der Waals surface area contributed by atoms with E-state index >= 15 is 0 Å². The number of aliphatic hydroxyl groups is 1. The monoisotopic (exact) mass is 164 g/mol. The molecule has 0 aliphatic heterocycles. The second-order valence-electron chi connectivity index (χ2n) is 1.75. The average molecular weight is 164 g/mol. The van der Waals surface area contributed by atoms with E-state index in [1.807, 2.05) is 0 Å². The van der Waals surface area contributed by atoms with Crippen molar-refractivity contribution in [2.75, 3.05) is 13.7 Å². The summed E-state index contributed by atoms with van der Waals surface area (Å²) in [5.41, 5.74) is 0. The molecule has 0 aliphatic carbocycles. The third-order valence-electron chi connectivity index (χ3n) is 0.857. The molecule has 0 saturated carbocycles. The molecule has 5 heteroatoms. The van der Waals surface area contributed by atoms with Crippen LogP contribution in [0.3, 0.4) is 0 Å². The molecule has 0 aliphatic rings. The molecule has 0 heterocycles. The Labute approximate surface area is 64.9 Å². The summed E-state index contributed by atoms with van der Waals surface area (Å²) in [7, 11) is 1.17. The van der Waals surface area contributed by atoms with Gasteiger partial charge >= 0.3 is 12.1 Å². The first-order chi connectivity index (χ1) is 5.04. The van der Waals surface area contributed by atoms with Gasteiger partial charge in [-0.3, -0.25) is 14.3 Å². The fourth-order valence-corrected chi connectivity index (χ4v) is 0.494. The van der Waals surface area contributed by atoms with Gasteiger partial charge in [-0.15, -0.1) is 0 Å². The average Bonchev–Trinajstić information content (AvgIpc) is 1.87. The molecule has 0 aromatic carbocycles. The molecule has 0 fully saturated rings. The SMILES string of the molecule is CCOC(O)(OC)OC(C)=O. The lowest BCUT2D eigenvalue weighted by molar-refractivity contribution is -0.459. The largest absolute Gasteiger partial charge is 0.460 e. The first-order valence-corrected chi connectivity index (χ1v) is 3.15. The van der Waals surface area contributed by atoms with Crippen molar-refractivity contribution in [2.45, 2.75) is 20.0 Å². The summed E-state index contributed by atoms with van der Waals surface area (Å²) in [5.74, 6) is -0.678. The molecule has 1 N–H and O–H groups in total. The van der Waals surface area contributed by atoms with Crippen LogP contribution in [0.25, 0.3) is 0 Å². The molecule has 1 unspecified atom stereocenters. The van der Waals surface area contributed by atoms with Crippen LogP contribution >= 0.6 is 0 Å². The van der Waals surface area contributed by atoms with Crippen LogP contribution in [-0.2, 0) is 19.0 Å². The molecule has 0 amide bonds. The standard InChI is InChI=1S/C6H12O5/c1-4-10-6(8,9-3)11-5(2)7/h8H,4H2,1-3H3. The van der Waals surface area contributed by atoms with Crippen molar-refractivity contribution in [3.8, 4) is 0 Å². The van der Waals surface area contributed by atoms with Gasteiger partial charge in [-0.05, 0) is 6.92 Å². The zero-order valence-corrected chi connectivity index (χ0v) is 6.79. The third-order valence-corrected chi connectivity index (χ3v) is 0.857. The molecule has 66 valence electrons. The van der Waals surface area contributed by atoms with E-state index in [-0.39, 0.29) is 6.61 Å². The van der Waals surface area contributed by atoms with E-state index in [1.54, 1.807) is 6.92 Å². The van der Waals surface area contributed by atoms with Crippen molar-refractivity contribution in [3.63, 3.8) is 0 Å². The molecular weight excluding hydrogens is 152 g/mol. The zero-order chi connectivity index (χ0) is 8.91. The van der Waals surface area contributed by atoms with Crippen LogP contribution in [0.15, 0.2) is 0 Å². The Kier molecular flexibility index (Phi) is 4.02.